The van der Waals surface area contributed by atoms with E-state index < -0.39 is 0 Å². The summed E-state index contributed by atoms with van der Waals surface area (Å²) in [4.78, 5) is 1.06. The highest BCUT2D eigenvalue weighted by molar-refractivity contribution is 9.10. The van der Waals surface area contributed by atoms with Crippen LogP contribution in [0.2, 0.25) is 0 Å². The van der Waals surface area contributed by atoms with Gasteiger partial charge in [-0.25, -0.2) is 0 Å². The van der Waals surface area contributed by atoms with Crippen LogP contribution in [-0.4, -0.2) is 14.2 Å². The highest BCUT2D eigenvalue weighted by Gasteiger charge is 2.16. The molecule has 1 aromatic carbocycles. The van der Waals surface area contributed by atoms with Crippen molar-refractivity contribution in [2.24, 2.45) is 5.73 Å². The minimum Gasteiger partial charge on any atom is -0.496 e. The lowest BCUT2D eigenvalue weighted by Crippen LogP contribution is -2.13. The molecule has 1 aromatic heterocycles. The van der Waals surface area contributed by atoms with Gasteiger partial charge in [0, 0.05) is 10.5 Å². The first-order valence-electron chi connectivity index (χ1n) is 5.85. The summed E-state index contributed by atoms with van der Waals surface area (Å²) in [6, 6.07) is 7.78. The van der Waals surface area contributed by atoms with Crippen LogP contribution in [0, 0.1) is 0 Å². The first-order valence-corrected chi connectivity index (χ1v) is 7.52. The summed E-state index contributed by atoms with van der Waals surface area (Å²) in [5.74, 6) is 1.71. The molecule has 5 heteroatoms. The predicted octanol–water partition coefficient (Wildman–Crippen LogP) is 3.77. The number of hydrogen-bond acceptors (Lipinski definition) is 4. The van der Waals surface area contributed by atoms with Crippen LogP contribution < -0.4 is 15.2 Å². The van der Waals surface area contributed by atoms with Crippen LogP contribution in [0.15, 0.2) is 34.1 Å². The lowest BCUT2D eigenvalue weighted by Gasteiger charge is -2.14. The third-order valence-corrected chi connectivity index (χ3v) is 4.42. The topological polar surface area (TPSA) is 44.5 Å². The summed E-state index contributed by atoms with van der Waals surface area (Å²) < 4.78 is 11.7. The Morgan fingerprint density at radius 1 is 1.21 bits per heavy atom. The summed E-state index contributed by atoms with van der Waals surface area (Å²) in [6.07, 6.45) is 0.708. The Bertz CT molecular complexity index is 556. The summed E-state index contributed by atoms with van der Waals surface area (Å²) in [7, 11) is 3.34. The zero-order valence-electron chi connectivity index (χ0n) is 10.9. The number of halogens is 1. The van der Waals surface area contributed by atoms with Gasteiger partial charge in [0.15, 0.2) is 0 Å². The van der Waals surface area contributed by atoms with Gasteiger partial charge in [-0.15, -0.1) is 11.3 Å². The van der Waals surface area contributed by atoms with Crippen molar-refractivity contribution < 1.29 is 9.47 Å². The van der Waals surface area contributed by atoms with E-state index in [-0.39, 0.29) is 6.04 Å². The van der Waals surface area contributed by atoms with Gasteiger partial charge in [-0.3, -0.25) is 0 Å². The molecule has 2 aromatic rings. The maximum absolute atomic E-state index is 6.28. The van der Waals surface area contributed by atoms with Crippen LogP contribution in [0.1, 0.15) is 16.5 Å². The Hall–Kier alpha value is -1.04. The Morgan fingerprint density at radius 2 is 1.95 bits per heavy atom. The van der Waals surface area contributed by atoms with E-state index in [1.165, 1.54) is 0 Å². The highest BCUT2D eigenvalue weighted by atomic mass is 79.9. The molecule has 3 nitrogen and oxygen atoms in total. The zero-order chi connectivity index (χ0) is 13.8. The molecule has 102 valence electrons. The third kappa shape index (κ3) is 3.29. The monoisotopic (exact) mass is 341 g/mol. The van der Waals surface area contributed by atoms with Crippen molar-refractivity contribution in [1.29, 1.82) is 0 Å². The molecule has 1 heterocycles. The van der Waals surface area contributed by atoms with Crippen molar-refractivity contribution in [3.05, 3.63) is 44.6 Å². The Labute approximate surface area is 125 Å². The number of thiophene rings is 1. The lowest BCUT2D eigenvalue weighted by atomic mass is 10.0. The van der Waals surface area contributed by atoms with Gasteiger partial charge < -0.3 is 15.2 Å². The molecule has 2 rings (SSSR count). The Balaban J connectivity index is 2.23. The van der Waals surface area contributed by atoms with Crippen molar-refractivity contribution in [3.63, 3.8) is 0 Å². The second-order valence-electron chi connectivity index (χ2n) is 4.12. The molecule has 0 spiro atoms. The van der Waals surface area contributed by atoms with Crippen molar-refractivity contribution in [2.75, 3.05) is 14.2 Å². The molecular formula is C14H16BrNO2S. The van der Waals surface area contributed by atoms with E-state index in [0.29, 0.717) is 6.42 Å². The smallest absolute Gasteiger partial charge is 0.134 e. The SMILES string of the molecule is COc1ccc(Br)cc1CC(N)c1sccc1OC. The molecular weight excluding hydrogens is 326 g/mol. The average molecular weight is 342 g/mol. The second-order valence-corrected chi connectivity index (χ2v) is 5.98. The maximum atomic E-state index is 6.28. The normalized spacial score (nSPS) is 12.2. The summed E-state index contributed by atoms with van der Waals surface area (Å²) in [5.41, 5.74) is 7.36. The van der Waals surface area contributed by atoms with Crippen LogP contribution in [0.25, 0.3) is 0 Å². The minimum absolute atomic E-state index is 0.0989. The molecule has 0 fully saturated rings. The number of methoxy groups -OCH3 is 2. The van der Waals surface area contributed by atoms with Gasteiger partial charge >= 0.3 is 0 Å². The zero-order valence-corrected chi connectivity index (χ0v) is 13.3. The number of hydrogen-bond donors (Lipinski definition) is 1. The molecule has 0 bridgehead atoms. The minimum atomic E-state index is -0.0989. The molecule has 0 amide bonds. The van der Waals surface area contributed by atoms with Crippen LogP contribution >= 0.6 is 27.3 Å². The Kier molecular flexibility index (Phi) is 4.85. The fourth-order valence-corrected chi connectivity index (χ4v) is 3.26. The largest absolute Gasteiger partial charge is 0.496 e. The number of benzene rings is 1. The lowest BCUT2D eigenvalue weighted by molar-refractivity contribution is 0.403. The van der Waals surface area contributed by atoms with Crippen molar-refractivity contribution >= 4 is 27.3 Å². The van der Waals surface area contributed by atoms with E-state index in [9.17, 15) is 0 Å². The van der Waals surface area contributed by atoms with Gasteiger partial charge in [0.25, 0.3) is 0 Å². The van der Waals surface area contributed by atoms with Gasteiger partial charge in [0.2, 0.25) is 0 Å². The van der Waals surface area contributed by atoms with E-state index in [4.69, 9.17) is 15.2 Å². The van der Waals surface area contributed by atoms with Gasteiger partial charge in [-0.2, -0.15) is 0 Å². The summed E-state index contributed by atoms with van der Waals surface area (Å²) in [5, 5.41) is 1.99. The molecule has 1 unspecified atom stereocenters. The van der Waals surface area contributed by atoms with Crippen molar-refractivity contribution in [2.45, 2.75) is 12.5 Å². The van der Waals surface area contributed by atoms with Crippen molar-refractivity contribution in [1.82, 2.24) is 0 Å². The summed E-state index contributed by atoms with van der Waals surface area (Å²) in [6.45, 7) is 0. The van der Waals surface area contributed by atoms with Crippen LogP contribution in [0.3, 0.4) is 0 Å². The fourth-order valence-electron chi connectivity index (χ4n) is 1.98. The average Bonchev–Trinajstić information content (AvgIpc) is 2.87. The van der Waals surface area contributed by atoms with E-state index in [1.807, 2.05) is 29.6 Å². The van der Waals surface area contributed by atoms with Gasteiger partial charge in [-0.05, 0) is 41.6 Å². The number of ether oxygens (including phenoxy) is 2. The molecule has 1 atom stereocenters. The van der Waals surface area contributed by atoms with E-state index in [2.05, 4.69) is 15.9 Å². The molecule has 0 saturated heterocycles. The molecule has 0 aliphatic heterocycles. The molecule has 2 N–H and O–H groups in total. The van der Waals surface area contributed by atoms with Gasteiger partial charge in [0.1, 0.15) is 11.5 Å². The third-order valence-electron chi connectivity index (χ3n) is 2.90. The quantitative estimate of drug-likeness (QED) is 0.900. The number of nitrogens with two attached hydrogens (primary N) is 1. The maximum Gasteiger partial charge on any atom is 0.134 e. The first kappa shape index (κ1) is 14.4. The molecule has 0 radical (unpaired) electrons. The standard InChI is InChI=1S/C14H16BrNO2S/c1-17-12-4-3-10(15)7-9(12)8-11(16)14-13(18-2)5-6-19-14/h3-7,11H,8,16H2,1-2H3. The first-order chi connectivity index (χ1) is 9.15. The molecule has 19 heavy (non-hydrogen) atoms. The highest BCUT2D eigenvalue weighted by Crippen LogP contribution is 2.33. The Morgan fingerprint density at radius 3 is 2.63 bits per heavy atom. The fraction of sp³-hybridized carbons (Fsp3) is 0.286. The van der Waals surface area contributed by atoms with Gasteiger partial charge in [0.05, 0.1) is 19.1 Å². The number of rotatable bonds is 5. The van der Waals surface area contributed by atoms with Gasteiger partial charge in [-0.1, -0.05) is 15.9 Å². The van der Waals surface area contributed by atoms with Crippen LogP contribution in [-0.2, 0) is 6.42 Å². The predicted molar refractivity (Wildman–Crippen MR) is 82.2 cm³/mol. The van der Waals surface area contributed by atoms with E-state index in [0.717, 1.165) is 26.4 Å². The van der Waals surface area contributed by atoms with E-state index in [1.54, 1.807) is 25.6 Å². The molecule has 0 aliphatic carbocycles. The summed E-state index contributed by atoms with van der Waals surface area (Å²) >= 11 is 5.09. The van der Waals surface area contributed by atoms with Crippen LogP contribution in [0.5, 0.6) is 11.5 Å². The van der Waals surface area contributed by atoms with Crippen LogP contribution in [0.4, 0.5) is 0 Å². The molecule has 0 saturated carbocycles. The molecule has 0 aliphatic rings. The van der Waals surface area contributed by atoms with Crippen molar-refractivity contribution in [3.8, 4) is 11.5 Å². The second kappa shape index (κ2) is 6.41. The van der Waals surface area contributed by atoms with E-state index >= 15 is 0 Å².